The molecule has 0 aliphatic heterocycles. The zero-order valence-electron chi connectivity index (χ0n) is 15.9. The summed E-state index contributed by atoms with van der Waals surface area (Å²) in [5.41, 5.74) is 3.05. The van der Waals surface area contributed by atoms with E-state index in [2.05, 4.69) is 26.3 Å². The summed E-state index contributed by atoms with van der Waals surface area (Å²) in [5.74, 6) is -0.696. The van der Waals surface area contributed by atoms with E-state index in [1.807, 2.05) is 25.1 Å². The maximum atomic E-state index is 12.4. The van der Waals surface area contributed by atoms with Gasteiger partial charge in [-0.3, -0.25) is 4.79 Å². The Kier molecular flexibility index (Phi) is 6.71. The number of ether oxygens (including phenoxy) is 1. The van der Waals surface area contributed by atoms with Crippen molar-refractivity contribution in [1.29, 1.82) is 0 Å². The van der Waals surface area contributed by atoms with E-state index in [9.17, 15) is 9.59 Å². The second-order valence-corrected chi connectivity index (χ2v) is 7.40. The van der Waals surface area contributed by atoms with Crippen LogP contribution in [0.5, 0.6) is 0 Å². The van der Waals surface area contributed by atoms with Crippen LogP contribution in [-0.2, 0) is 11.3 Å². The lowest BCUT2D eigenvalue weighted by Crippen LogP contribution is -2.22. The van der Waals surface area contributed by atoms with Gasteiger partial charge >= 0.3 is 5.97 Å². The third kappa shape index (κ3) is 4.68. The van der Waals surface area contributed by atoms with Crippen LogP contribution in [0.3, 0.4) is 0 Å². The van der Waals surface area contributed by atoms with Crippen LogP contribution in [0.25, 0.3) is 5.69 Å². The zero-order valence-corrected chi connectivity index (χ0v) is 18.3. The number of carbonyl (C=O) groups is 2. The van der Waals surface area contributed by atoms with Crippen molar-refractivity contribution in [2.75, 3.05) is 6.61 Å². The number of amides is 1. The van der Waals surface area contributed by atoms with Crippen LogP contribution in [0.15, 0.2) is 53.0 Å². The van der Waals surface area contributed by atoms with Gasteiger partial charge in [-0.2, -0.15) is 5.10 Å². The average Bonchev–Trinajstić information content (AvgIpc) is 3.02. The molecule has 1 N–H and O–H groups in total. The highest BCUT2D eigenvalue weighted by atomic mass is 79.9. The van der Waals surface area contributed by atoms with Crippen LogP contribution in [0.1, 0.15) is 39.0 Å². The highest BCUT2D eigenvalue weighted by Crippen LogP contribution is 2.24. The van der Waals surface area contributed by atoms with Gasteiger partial charge in [-0.1, -0.05) is 29.8 Å². The van der Waals surface area contributed by atoms with E-state index in [1.165, 1.54) is 0 Å². The van der Waals surface area contributed by atoms with Gasteiger partial charge in [0.25, 0.3) is 5.91 Å². The largest absolute Gasteiger partial charge is 0.461 e. The molecule has 1 aromatic heterocycles. The van der Waals surface area contributed by atoms with E-state index in [0.717, 1.165) is 16.9 Å². The number of rotatable bonds is 6. The van der Waals surface area contributed by atoms with E-state index in [4.69, 9.17) is 16.3 Å². The van der Waals surface area contributed by atoms with Crippen LogP contribution < -0.4 is 5.32 Å². The first kappa shape index (κ1) is 21.1. The molecule has 0 bridgehead atoms. The summed E-state index contributed by atoms with van der Waals surface area (Å²) in [4.78, 5) is 24.4. The molecule has 0 atom stereocenters. The van der Waals surface area contributed by atoms with Gasteiger partial charge in [-0.15, -0.1) is 0 Å². The Hall–Kier alpha value is -2.64. The van der Waals surface area contributed by atoms with Crippen LogP contribution in [0.4, 0.5) is 0 Å². The highest BCUT2D eigenvalue weighted by molar-refractivity contribution is 9.10. The molecule has 6 nitrogen and oxygen atoms in total. The number of hydrogen-bond donors (Lipinski definition) is 1. The summed E-state index contributed by atoms with van der Waals surface area (Å²) in [5, 5.41) is 7.80. The fourth-order valence-corrected chi connectivity index (χ4v) is 3.35. The van der Waals surface area contributed by atoms with Crippen LogP contribution >= 0.6 is 27.5 Å². The van der Waals surface area contributed by atoms with Crippen LogP contribution in [0, 0.1) is 6.92 Å². The SMILES string of the molecule is CCOC(=O)c1nn(-c2ccc(C(=O)NCc3ccccc3Cl)cc2)c(C)c1Br. The molecule has 1 heterocycles. The molecule has 3 rings (SSSR count). The zero-order chi connectivity index (χ0) is 21.0. The first-order chi connectivity index (χ1) is 13.9. The fourth-order valence-electron chi connectivity index (χ4n) is 2.74. The van der Waals surface area contributed by atoms with Gasteiger partial charge in [-0.05, 0) is 65.7 Å². The Morgan fingerprint density at radius 1 is 1.17 bits per heavy atom. The van der Waals surface area contributed by atoms with Gasteiger partial charge in [-0.25, -0.2) is 9.48 Å². The van der Waals surface area contributed by atoms with E-state index in [-0.39, 0.29) is 18.2 Å². The van der Waals surface area contributed by atoms with Crippen molar-refractivity contribution >= 4 is 39.4 Å². The first-order valence-electron chi connectivity index (χ1n) is 8.96. The Balaban J connectivity index is 1.75. The van der Waals surface area contributed by atoms with E-state index in [1.54, 1.807) is 41.9 Å². The lowest BCUT2D eigenvalue weighted by Gasteiger charge is -2.08. The van der Waals surface area contributed by atoms with E-state index >= 15 is 0 Å². The molecule has 0 saturated heterocycles. The molecule has 8 heteroatoms. The minimum atomic E-state index is -0.489. The van der Waals surface area contributed by atoms with Crippen LogP contribution in [-0.4, -0.2) is 28.3 Å². The summed E-state index contributed by atoms with van der Waals surface area (Å²) < 4.78 is 7.24. The number of esters is 1. The minimum absolute atomic E-state index is 0.206. The summed E-state index contributed by atoms with van der Waals surface area (Å²) in [6, 6.07) is 14.3. The number of carbonyl (C=O) groups excluding carboxylic acids is 2. The Morgan fingerprint density at radius 2 is 1.86 bits per heavy atom. The summed E-state index contributed by atoms with van der Waals surface area (Å²) in [6.45, 7) is 4.19. The van der Waals surface area contributed by atoms with E-state index < -0.39 is 5.97 Å². The molecule has 0 spiro atoms. The third-order valence-electron chi connectivity index (χ3n) is 4.28. The number of benzene rings is 2. The quantitative estimate of drug-likeness (QED) is 0.523. The molecule has 0 fully saturated rings. The molecule has 150 valence electrons. The highest BCUT2D eigenvalue weighted by Gasteiger charge is 2.21. The van der Waals surface area contributed by atoms with Crippen molar-refractivity contribution in [2.45, 2.75) is 20.4 Å². The second-order valence-electron chi connectivity index (χ2n) is 6.20. The predicted molar refractivity (Wildman–Crippen MR) is 115 cm³/mol. The van der Waals surface area contributed by atoms with Crippen LogP contribution in [0.2, 0.25) is 5.02 Å². The molecule has 29 heavy (non-hydrogen) atoms. The molecular formula is C21H19BrClN3O3. The topological polar surface area (TPSA) is 73.2 Å². The van der Waals surface area contributed by atoms with Gasteiger partial charge in [0.2, 0.25) is 0 Å². The summed E-state index contributed by atoms with van der Waals surface area (Å²) >= 11 is 9.51. The molecule has 0 aliphatic rings. The van der Waals surface area contributed by atoms with Gasteiger partial charge in [0.1, 0.15) is 0 Å². The summed E-state index contributed by atoms with van der Waals surface area (Å²) in [6.07, 6.45) is 0. The van der Waals surface area contributed by atoms with Crippen molar-refractivity contribution in [3.63, 3.8) is 0 Å². The molecular weight excluding hydrogens is 458 g/mol. The fraction of sp³-hybridized carbons (Fsp3) is 0.190. The van der Waals surface area contributed by atoms with Gasteiger partial charge in [0, 0.05) is 17.1 Å². The van der Waals surface area contributed by atoms with Crippen molar-refractivity contribution in [1.82, 2.24) is 15.1 Å². The van der Waals surface area contributed by atoms with E-state index in [0.29, 0.717) is 21.6 Å². The lowest BCUT2D eigenvalue weighted by atomic mass is 10.1. The number of hydrogen-bond acceptors (Lipinski definition) is 4. The van der Waals surface area contributed by atoms with Crippen molar-refractivity contribution in [3.05, 3.63) is 80.5 Å². The maximum Gasteiger partial charge on any atom is 0.360 e. The van der Waals surface area contributed by atoms with Crippen molar-refractivity contribution in [2.24, 2.45) is 0 Å². The molecule has 0 saturated carbocycles. The lowest BCUT2D eigenvalue weighted by molar-refractivity contribution is 0.0517. The summed E-state index contributed by atoms with van der Waals surface area (Å²) in [7, 11) is 0. The maximum absolute atomic E-state index is 12.4. The smallest absolute Gasteiger partial charge is 0.360 e. The molecule has 1 amide bonds. The monoisotopic (exact) mass is 475 g/mol. The molecule has 0 aliphatic carbocycles. The molecule has 0 radical (unpaired) electrons. The number of nitrogens with one attached hydrogen (secondary N) is 1. The standard InChI is InChI=1S/C21H19BrClN3O3/c1-3-29-21(28)19-18(22)13(2)26(25-19)16-10-8-14(9-11-16)20(27)24-12-15-6-4-5-7-17(15)23/h4-11H,3,12H2,1-2H3,(H,24,27). The van der Waals surface area contributed by atoms with Gasteiger partial charge in [0.15, 0.2) is 5.69 Å². The predicted octanol–water partition coefficient (Wildman–Crippen LogP) is 4.70. The minimum Gasteiger partial charge on any atom is -0.461 e. The molecule has 3 aromatic rings. The normalized spacial score (nSPS) is 10.6. The third-order valence-corrected chi connectivity index (χ3v) is 5.60. The number of nitrogens with zero attached hydrogens (tertiary/aromatic N) is 2. The number of halogens is 2. The first-order valence-corrected chi connectivity index (χ1v) is 10.1. The van der Waals surface area contributed by atoms with Gasteiger partial charge in [0.05, 0.1) is 22.5 Å². The Bertz CT molecular complexity index is 1050. The van der Waals surface area contributed by atoms with Crippen molar-refractivity contribution < 1.29 is 14.3 Å². The van der Waals surface area contributed by atoms with Crippen molar-refractivity contribution in [3.8, 4) is 5.69 Å². The number of aromatic nitrogens is 2. The van der Waals surface area contributed by atoms with Gasteiger partial charge < -0.3 is 10.1 Å². The second kappa shape index (κ2) is 9.24. The molecule has 2 aromatic carbocycles. The Labute approximate surface area is 181 Å². The Morgan fingerprint density at radius 3 is 2.52 bits per heavy atom. The molecule has 0 unspecified atom stereocenters. The average molecular weight is 477 g/mol.